The number of nitrogens with one attached hydrogen (secondary N) is 2. The van der Waals surface area contributed by atoms with E-state index in [4.69, 9.17) is 19.9 Å². The second kappa shape index (κ2) is 12.8. The molecule has 1 saturated carbocycles. The largest absolute Gasteiger partial charge is 0.463 e. The van der Waals surface area contributed by atoms with Gasteiger partial charge in [0.05, 0.1) is 31.5 Å². The third-order valence-corrected chi connectivity index (χ3v) is 7.96. The average molecular weight is 540 g/mol. The topological polar surface area (TPSA) is 173 Å². The molecule has 14 heteroatoms. The van der Waals surface area contributed by atoms with Crippen LogP contribution < -0.4 is 15.9 Å². The molecule has 0 bridgehead atoms. The standard InChI is InChI=1S/C23H38N7O6P/c1-14(2)35-19(31)9-15(3)28-37(33,29-17(5)23(32)36-18-7-6-8-18)13-34-16(4)10-30-12-27-20-21(24)25-11-26-22(20)30/h11-12,14-18H,6-10,13H2,1-5H3,(H2,24,25,26)(H2,28,29,33)/t15-,16?,17-,37?/m1/s1. The Morgan fingerprint density at radius 2 is 1.89 bits per heavy atom. The van der Waals surface area contributed by atoms with E-state index in [1.807, 2.05) is 6.92 Å². The number of nitrogens with zero attached hydrogens (tertiary/aromatic N) is 4. The molecule has 206 valence electrons. The summed E-state index contributed by atoms with van der Waals surface area (Å²) in [5.41, 5.74) is 6.91. The molecule has 0 aromatic carbocycles. The third kappa shape index (κ3) is 8.46. The van der Waals surface area contributed by atoms with Crippen molar-refractivity contribution in [1.82, 2.24) is 29.7 Å². The van der Waals surface area contributed by atoms with E-state index in [0.717, 1.165) is 19.3 Å². The molecule has 0 radical (unpaired) electrons. The van der Waals surface area contributed by atoms with Crippen LogP contribution in [0.5, 0.6) is 0 Å². The summed E-state index contributed by atoms with van der Waals surface area (Å²) in [6, 6.07) is -1.35. The average Bonchev–Trinajstić information content (AvgIpc) is 3.17. The SMILES string of the molecule is CC(C)OC(=O)C[C@@H](C)NP(=O)(COC(C)Cn1cnc2c(N)ncnc21)N[C@H](C)C(=O)OC1CCC1. The van der Waals surface area contributed by atoms with E-state index in [1.165, 1.54) is 6.33 Å². The van der Waals surface area contributed by atoms with E-state index in [2.05, 4.69) is 25.1 Å². The first-order chi connectivity index (χ1) is 17.5. The van der Waals surface area contributed by atoms with Crippen molar-refractivity contribution in [2.45, 2.75) is 97.2 Å². The molecule has 4 N–H and O–H groups in total. The number of fused-ring (bicyclic) bond motifs is 1. The minimum Gasteiger partial charge on any atom is -0.463 e. The molecule has 0 spiro atoms. The molecule has 37 heavy (non-hydrogen) atoms. The zero-order valence-corrected chi connectivity index (χ0v) is 22.9. The summed E-state index contributed by atoms with van der Waals surface area (Å²) in [5, 5.41) is 5.85. The summed E-state index contributed by atoms with van der Waals surface area (Å²) in [6.45, 7) is 9.02. The number of rotatable bonds is 14. The lowest BCUT2D eigenvalue weighted by Gasteiger charge is -2.30. The van der Waals surface area contributed by atoms with Crippen molar-refractivity contribution in [1.29, 1.82) is 0 Å². The van der Waals surface area contributed by atoms with Gasteiger partial charge >= 0.3 is 11.9 Å². The third-order valence-electron chi connectivity index (χ3n) is 5.78. The van der Waals surface area contributed by atoms with Gasteiger partial charge in [0.2, 0.25) is 7.44 Å². The van der Waals surface area contributed by atoms with Gasteiger partial charge in [-0.05, 0) is 53.9 Å². The van der Waals surface area contributed by atoms with E-state index in [-0.39, 0.29) is 30.8 Å². The van der Waals surface area contributed by atoms with Gasteiger partial charge in [-0.25, -0.2) is 25.1 Å². The van der Waals surface area contributed by atoms with Crippen molar-refractivity contribution in [3.8, 4) is 0 Å². The molecule has 4 atom stereocenters. The van der Waals surface area contributed by atoms with Gasteiger partial charge in [0.1, 0.15) is 30.3 Å². The molecular formula is C23H38N7O6P. The smallest absolute Gasteiger partial charge is 0.323 e. The Bertz CT molecular complexity index is 1120. The fourth-order valence-electron chi connectivity index (χ4n) is 3.79. The molecule has 1 aliphatic carbocycles. The van der Waals surface area contributed by atoms with Gasteiger partial charge in [-0.2, -0.15) is 0 Å². The summed E-state index contributed by atoms with van der Waals surface area (Å²) in [4.78, 5) is 37.0. The Balaban J connectivity index is 1.64. The van der Waals surface area contributed by atoms with Crippen LogP contribution in [0.4, 0.5) is 5.82 Å². The summed E-state index contributed by atoms with van der Waals surface area (Å²) in [6.07, 6.45) is 4.68. The fraction of sp³-hybridized carbons (Fsp3) is 0.696. The molecule has 3 rings (SSSR count). The molecule has 13 nitrogen and oxygen atoms in total. The molecule has 2 unspecified atom stereocenters. The van der Waals surface area contributed by atoms with Crippen molar-refractivity contribution in [2.24, 2.45) is 0 Å². The van der Waals surface area contributed by atoms with Crippen LogP contribution in [-0.2, 0) is 34.9 Å². The number of nitrogen functional groups attached to an aromatic ring is 1. The first-order valence-electron chi connectivity index (χ1n) is 12.5. The zero-order valence-electron chi connectivity index (χ0n) is 22.0. The van der Waals surface area contributed by atoms with Crippen LogP contribution in [0.25, 0.3) is 11.2 Å². The Kier molecular flexibility index (Phi) is 10.00. The van der Waals surface area contributed by atoms with E-state index in [9.17, 15) is 14.2 Å². The van der Waals surface area contributed by atoms with Crippen molar-refractivity contribution >= 4 is 36.4 Å². The van der Waals surface area contributed by atoms with Crippen LogP contribution in [0.15, 0.2) is 12.7 Å². The van der Waals surface area contributed by atoms with Crippen LogP contribution >= 0.6 is 7.44 Å². The van der Waals surface area contributed by atoms with Crippen molar-refractivity contribution in [3.05, 3.63) is 12.7 Å². The number of hydrogen-bond acceptors (Lipinski definition) is 10. The van der Waals surface area contributed by atoms with Crippen LogP contribution in [-0.4, -0.2) is 68.2 Å². The lowest BCUT2D eigenvalue weighted by atomic mass is 9.96. The fourth-order valence-corrected chi connectivity index (χ4v) is 6.01. The highest BCUT2D eigenvalue weighted by molar-refractivity contribution is 7.59. The quantitative estimate of drug-likeness (QED) is 0.237. The van der Waals surface area contributed by atoms with Crippen molar-refractivity contribution < 1.29 is 28.4 Å². The predicted octanol–water partition coefficient (Wildman–Crippen LogP) is 2.36. The van der Waals surface area contributed by atoms with Gasteiger partial charge in [-0.3, -0.25) is 14.2 Å². The molecule has 0 aliphatic heterocycles. The highest BCUT2D eigenvalue weighted by Crippen LogP contribution is 2.38. The number of imidazole rings is 1. The zero-order chi connectivity index (χ0) is 27.2. The van der Waals surface area contributed by atoms with Gasteiger partial charge in [0.15, 0.2) is 11.5 Å². The number of nitrogens with two attached hydrogens (primary N) is 1. The minimum absolute atomic E-state index is 0.00244. The van der Waals surface area contributed by atoms with E-state index >= 15 is 0 Å². The van der Waals surface area contributed by atoms with E-state index in [1.54, 1.807) is 38.6 Å². The van der Waals surface area contributed by atoms with Gasteiger partial charge in [-0.15, -0.1) is 0 Å². The summed E-state index contributed by atoms with van der Waals surface area (Å²) in [5.74, 6) is -0.613. The Hall–Kier alpha value is -2.60. The summed E-state index contributed by atoms with van der Waals surface area (Å²) >= 11 is 0. The van der Waals surface area contributed by atoms with Crippen LogP contribution in [0.3, 0.4) is 0 Å². The second-order valence-corrected chi connectivity index (χ2v) is 12.0. The Labute approximate surface area is 216 Å². The maximum Gasteiger partial charge on any atom is 0.323 e. The minimum atomic E-state index is -3.51. The lowest BCUT2D eigenvalue weighted by Crippen LogP contribution is -2.42. The summed E-state index contributed by atoms with van der Waals surface area (Å²) < 4.78 is 32.3. The molecule has 1 aliphatic rings. The van der Waals surface area contributed by atoms with Gasteiger partial charge in [0, 0.05) is 6.04 Å². The first-order valence-corrected chi connectivity index (χ1v) is 14.4. The number of esters is 2. The molecular weight excluding hydrogens is 501 g/mol. The number of carbonyl (C=O) groups is 2. The molecule has 2 aromatic heterocycles. The Morgan fingerprint density at radius 1 is 1.16 bits per heavy atom. The molecule has 1 fully saturated rings. The molecule has 2 aromatic rings. The van der Waals surface area contributed by atoms with Gasteiger partial charge in [-0.1, -0.05) is 0 Å². The summed E-state index contributed by atoms with van der Waals surface area (Å²) in [7, 11) is -3.51. The van der Waals surface area contributed by atoms with Crippen molar-refractivity contribution in [3.63, 3.8) is 0 Å². The van der Waals surface area contributed by atoms with Crippen LogP contribution in [0.2, 0.25) is 0 Å². The predicted molar refractivity (Wildman–Crippen MR) is 138 cm³/mol. The Morgan fingerprint density at radius 3 is 2.54 bits per heavy atom. The number of aromatic nitrogens is 4. The highest BCUT2D eigenvalue weighted by Gasteiger charge is 2.33. The maximum atomic E-state index is 13.9. The van der Waals surface area contributed by atoms with Crippen LogP contribution in [0.1, 0.15) is 60.3 Å². The number of ether oxygens (including phenoxy) is 3. The number of carbonyl (C=O) groups excluding carboxylic acids is 2. The molecule has 0 saturated heterocycles. The normalized spacial score (nSPS) is 18.1. The first kappa shape index (κ1) is 29.0. The number of hydrogen-bond donors (Lipinski definition) is 3. The van der Waals surface area contributed by atoms with Crippen LogP contribution in [0, 0.1) is 0 Å². The van der Waals surface area contributed by atoms with E-state index in [0.29, 0.717) is 17.7 Å². The van der Waals surface area contributed by atoms with E-state index < -0.39 is 37.6 Å². The maximum absolute atomic E-state index is 13.9. The number of anilines is 1. The van der Waals surface area contributed by atoms with Crippen molar-refractivity contribution in [2.75, 3.05) is 12.1 Å². The highest BCUT2D eigenvalue weighted by atomic mass is 31.2. The second-order valence-electron chi connectivity index (χ2n) is 9.79. The lowest BCUT2D eigenvalue weighted by molar-refractivity contribution is -0.154. The monoisotopic (exact) mass is 539 g/mol. The van der Waals surface area contributed by atoms with Gasteiger partial charge in [0.25, 0.3) is 0 Å². The molecule has 2 heterocycles. The molecule has 0 amide bonds. The van der Waals surface area contributed by atoms with Gasteiger partial charge < -0.3 is 24.5 Å².